The lowest BCUT2D eigenvalue weighted by molar-refractivity contribution is 0.102. The Morgan fingerprint density at radius 3 is 2.68 bits per heavy atom. The molecule has 4 nitrogen and oxygen atoms in total. The molecule has 3 aromatic rings. The van der Waals surface area contributed by atoms with E-state index in [4.69, 9.17) is 34.8 Å². The fraction of sp³-hybridized carbons (Fsp3) is 0. The number of carbonyl (C=O) groups excluding carboxylic acids is 1. The van der Waals surface area contributed by atoms with Crippen molar-refractivity contribution in [2.24, 2.45) is 0 Å². The maximum absolute atomic E-state index is 12.3. The molecule has 0 spiro atoms. The third-order valence-corrected chi connectivity index (χ3v) is 3.88. The van der Waals surface area contributed by atoms with Gasteiger partial charge in [0.05, 0.1) is 21.8 Å². The molecule has 1 amide bonds. The maximum Gasteiger partial charge on any atom is 0.257 e. The number of carbonyl (C=O) groups is 1. The minimum Gasteiger partial charge on any atom is -0.320 e. The van der Waals surface area contributed by atoms with Crippen molar-refractivity contribution >= 4 is 57.3 Å². The van der Waals surface area contributed by atoms with Crippen LogP contribution in [0.3, 0.4) is 0 Å². The predicted molar refractivity (Wildman–Crippen MR) is 89.0 cm³/mol. The Morgan fingerprint density at radius 1 is 1.09 bits per heavy atom. The van der Waals surface area contributed by atoms with Gasteiger partial charge in [-0.1, -0.05) is 40.9 Å². The number of hydrogen-bond donors (Lipinski definition) is 1. The van der Waals surface area contributed by atoms with Gasteiger partial charge in [-0.2, -0.15) is 0 Å². The van der Waals surface area contributed by atoms with E-state index >= 15 is 0 Å². The van der Waals surface area contributed by atoms with Crippen molar-refractivity contribution in [3.05, 3.63) is 63.5 Å². The number of amides is 1. The molecule has 0 aliphatic carbocycles. The van der Waals surface area contributed by atoms with E-state index in [9.17, 15) is 4.79 Å². The smallest absolute Gasteiger partial charge is 0.257 e. The van der Waals surface area contributed by atoms with E-state index in [-0.39, 0.29) is 16.1 Å². The largest absolute Gasteiger partial charge is 0.320 e. The van der Waals surface area contributed by atoms with Crippen molar-refractivity contribution in [1.82, 2.24) is 9.97 Å². The van der Waals surface area contributed by atoms with Crippen molar-refractivity contribution in [2.45, 2.75) is 0 Å². The van der Waals surface area contributed by atoms with Crippen LogP contribution in [0.5, 0.6) is 0 Å². The first kappa shape index (κ1) is 15.0. The van der Waals surface area contributed by atoms with E-state index in [1.165, 1.54) is 12.3 Å². The average Bonchev–Trinajstić information content (AvgIpc) is 2.49. The van der Waals surface area contributed by atoms with E-state index < -0.39 is 0 Å². The highest BCUT2D eigenvalue weighted by atomic mass is 35.5. The van der Waals surface area contributed by atoms with Gasteiger partial charge in [0.2, 0.25) is 0 Å². The Hall–Kier alpha value is -1.88. The zero-order valence-electron chi connectivity index (χ0n) is 11.0. The van der Waals surface area contributed by atoms with Crippen LogP contribution in [0.1, 0.15) is 10.4 Å². The van der Waals surface area contributed by atoms with Gasteiger partial charge in [0, 0.05) is 22.8 Å². The summed E-state index contributed by atoms with van der Waals surface area (Å²) in [7, 11) is 0. The van der Waals surface area contributed by atoms with E-state index in [1.807, 2.05) is 6.07 Å². The molecule has 7 heteroatoms. The lowest BCUT2D eigenvalue weighted by Gasteiger charge is -2.09. The molecular weight excluding hydrogens is 345 g/mol. The van der Waals surface area contributed by atoms with Crippen molar-refractivity contribution in [3.8, 4) is 0 Å². The van der Waals surface area contributed by atoms with Crippen LogP contribution in [0, 0.1) is 0 Å². The Bertz CT molecular complexity index is 883. The topological polar surface area (TPSA) is 54.9 Å². The minimum absolute atomic E-state index is 0.146. The summed E-state index contributed by atoms with van der Waals surface area (Å²) in [5, 5.41) is 4.45. The van der Waals surface area contributed by atoms with Gasteiger partial charge in [0.25, 0.3) is 5.91 Å². The highest BCUT2D eigenvalue weighted by molar-refractivity contribution is 6.41. The van der Waals surface area contributed by atoms with Crippen LogP contribution < -0.4 is 5.32 Å². The lowest BCUT2D eigenvalue weighted by Crippen LogP contribution is -2.13. The number of anilines is 1. The number of nitrogens with one attached hydrogen (secondary N) is 1. The molecule has 0 saturated heterocycles. The standard InChI is InChI=1S/C15H8Cl3N3O/c16-10-4-8-2-1-3-19-13(8)12(6-10)21-15(22)9-5-11(17)14(18)20-7-9/h1-7H,(H,21,22). The van der Waals surface area contributed by atoms with Crippen LogP contribution in [0.25, 0.3) is 10.9 Å². The minimum atomic E-state index is -0.375. The van der Waals surface area contributed by atoms with Gasteiger partial charge < -0.3 is 5.32 Å². The summed E-state index contributed by atoms with van der Waals surface area (Å²) in [6, 6.07) is 8.53. The molecule has 0 aliphatic heterocycles. The fourth-order valence-electron chi connectivity index (χ4n) is 1.99. The molecule has 0 unspecified atom stereocenters. The Kier molecular flexibility index (Phi) is 4.16. The van der Waals surface area contributed by atoms with E-state index in [2.05, 4.69) is 15.3 Å². The monoisotopic (exact) mass is 351 g/mol. The second-order valence-electron chi connectivity index (χ2n) is 4.48. The number of rotatable bonds is 2. The normalized spacial score (nSPS) is 10.7. The van der Waals surface area contributed by atoms with Crippen LogP contribution in [0.2, 0.25) is 15.2 Å². The molecule has 110 valence electrons. The summed E-state index contributed by atoms with van der Waals surface area (Å²) in [4.78, 5) is 20.4. The first-order chi connectivity index (χ1) is 10.5. The maximum atomic E-state index is 12.3. The van der Waals surface area contributed by atoms with Crippen molar-refractivity contribution in [2.75, 3.05) is 5.32 Å². The second kappa shape index (κ2) is 6.08. The summed E-state index contributed by atoms with van der Waals surface area (Å²) in [6.07, 6.45) is 3.00. The highest BCUT2D eigenvalue weighted by Crippen LogP contribution is 2.27. The molecule has 0 fully saturated rings. The summed E-state index contributed by atoms with van der Waals surface area (Å²) in [5.74, 6) is -0.375. The second-order valence-corrected chi connectivity index (χ2v) is 5.68. The summed E-state index contributed by atoms with van der Waals surface area (Å²) in [5.41, 5.74) is 1.45. The van der Waals surface area contributed by atoms with Gasteiger partial charge >= 0.3 is 0 Å². The van der Waals surface area contributed by atoms with Gasteiger partial charge in [-0.3, -0.25) is 9.78 Å². The van der Waals surface area contributed by atoms with Gasteiger partial charge in [0.1, 0.15) is 5.15 Å². The number of halogens is 3. The first-order valence-electron chi connectivity index (χ1n) is 6.21. The molecule has 22 heavy (non-hydrogen) atoms. The Morgan fingerprint density at radius 2 is 1.91 bits per heavy atom. The molecule has 0 saturated carbocycles. The molecule has 2 aromatic heterocycles. The van der Waals surface area contributed by atoms with Crippen LogP contribution in [-0.2, 0) is 0 Å². The van der Waals surface area contributed by atoms with Gasteiger partial charge in [-0.15, -0.1) is 0 Å². The van der Waals surface area contributed by atoms with Crippen LogP contribution >= 0.6 is 34.8 Å². The van der Waals surface area contributed by atoms with Gasteiger partial charge in [-0.25, -0.2) is 4.98 Å². The zero-order valence-corrected chi connectivity index (χ0v) is 13.2. The summed E-state index contributed by atoms with van der Waals surface area (Å²) < 4.78 is 0. The van der Waals surface area contributed by atoms with Gasteiger partial charge in [0.15, 0.2) is 0 Å². The number of pyridine rings is 2. The Balaban J connectivity index is 1.99. The lowest BCUT2D eigenvalue weighted by atomic mass is 10.2. The SMILES string of the molecule is O=C(Nc1cc(Cl)cc2cccnc12)c1cnc(Cl)c(Cl)c1. The molecule has 0 aliphatic rings. The molecule has 2 heterocycles. The quantitative estimate of drug-likeness (QED) is 0.671. The highest BCUT2D eigenvalue weighted by Gasteiger charge is 2.12. The fourth-order valence-corrected chi connectivity index (χ4v) is 2.49. The van der Waals surface area contributed by atoms with E-state index in [0.717, 1.165) is 5.39 Å². The molecular formula is C15H8Cl3N3O. The zero-order chi connectivity index (χ0) is 15.7. The summed E-state index contributed by atoms with van der Waals surface area (Å²) >= 11 is 17.7. The molecule has 1 N–H and O–H groups in total. The molecule has 3 rings (SSSR count). The Labute approximate surface area is 141 Å². The van der Waals surface area contributed by atoms with Crippen molar-refractivity contribution in [1.29, 1.82) is 0 Å². The number of benzene rings is 1. The van der Waals surface area contributed by atoms with Crippen LogP contribution in [0.4, 0.5) is 5.69 Å². The van der Waals surface area contributed by atoms with Crippen molar-refractivity contribution in [3.63, 3.8) is 0 Å². The van der Waals surface area contributed by atoms with Crippen LogP contribution in [0.15, 0.2) is 42.7 Å². The average molecular weight is 353 g/mol. The van der Waals surface area contributed by atoms with E-state index in [0.29, 0.717) is 21.8 Å². The van der Waals surface area contributed by atoms with Crippen LogP contribution in [-0.4, -0.2) is 15.9 Å². The summed E-state index contributed by atoms with van der Waals surface area (Å²) in [6.45, 7) is 0. The number of nitrogens with zero attached hydrogens (tertiary/aromatic N) is 2. The van der Waals surface area contributed by atoms with E-state index in [1.54, 1.807) is 24.4 Å². The molecule has 0 radical (unpaired) electrons. The number of hydrogen-bond acceptors (Lipinski definition) is 3. The third kappa shape index (κ3) is 2.99. The third-order valence-electron chi connectivity index (χ3n) is 2.98. The predicted octanol–water partition coefficient (Wildman–Crippen LogP) is 4.84. The molecule has 0 atom stereocenters. The number of fused-ring (bicyclic) bond motifs is 1. The number of aromatic nitrogens is 2. The molecule has 0 bridgehead atoms. The van der Waals surface area contributed by atoms with Gasteiger partial charge in [-0.05, 0) is 24.3 Å². The first-order valence-corrected chi connectivity index (χ1v) is 7.34. The van der Waals surface area contributed by atoms with Crippen molar-refractivity contribution < 1.29 is 4.79 Å². The molecule has 1 aromatic carbocycles.